The Morgan fingerprint density at radius 3 is 2.63 bits per heavy atom. The van der Waals surface area contributed by atoms with Crippen LogP contribution >= 0.6 is 0 Å². The zero-order chi connectivity index (χ0) is 20.0. The molecule has 0 bridgehead atoms. The number of halogens is 1. The van der Waals surface area contributed by atoms with E-state index in [1.54, 1.807) is 6.07 Å². The lowest BCUT2D eigenvalue weighted by atomic mass is 10.1. The Labute approximate surface area is 158 Å². The number of amides is 2. The topological polar surface area (TPSA) is 58.6 Å². The lowest BCUT2D eigenvalue weighted by Crippen LogP contribution is -2.34. The molecular formula is C21H23FN2O3. The van der Waals surface area contributed by atoms with Gasteiger partial charge in [0.05, 0.1) is 13.7 Å². The van der Waals surface area contributed by atoms with Crippen LogP contribution in [0.25, 0.3) is 6.08 Å². The van der Waals surface area contributed by atoms with E-state index in [0.29, 0.717) is 5.56 Å². The molecule has 142 valence electrons. The molecule has 1 N–H and O–H groups in total. The Morgan fingerprint density at radius 1 is 1.22 bits per heavy atom. The Bertz CT molecular complexity index is 878. The third kappa shape index (κ3) is 5.41. The summed E-state index contributed by atoms with van der Waals surface area (Å²) in [4.78, 5) is 25.7. The Kier molecular flexibility index (Phi) is 6.71. The molecule has 0 spiro atoms. The number of benzene rings is 2. The molecule has 27 heavy (non-hydrogen) atoms. The van der Waals surface area contributed by atoms with Crippen molar-refractivity contribution in [3.63, 3.8) is 0 Å². The summed E-state index contributed by atoms with van der Waals surface area (Å²) in [5, 5.41) is 2.81. The fourth-order valence-corrected chi connectivity index (χ4v) is 2.45. The molecule has 0 fully saturated rings. The molecule has 0 atom stereocenters. The quantitative estimate of drug-likeness (QED) is 0.791. The number of carbonyl (C=O) groups is 2. The number of aryl methyl sites for hydroxylation is 1. The Morgan fingerprint density at radius 2 is 1.96 bits per heavy atom. The molecule has 0 aromatic heterocycles. The van der Waals surface area contributed by atoms with E-state index in [-0.39, 0.29) is 24.1 Å². The summed E-state index contributed by atoms with van der Waals surface area (Å²) in [6.07, 6.45) is 2.79. The number of nitrogens with one attached hydrogen (secondary N) is 1. The molecule has 0 unspecified atom stereocenters. The molecule has 0 aliphatic rings. The van der Waals surface area contributed by atoms with Crippen molar-refractivity contribution in [2.75, 3.05) is 26.0 Å². The molecule has 0 radical (unpaired) electrons. The first-order valence-electron chi connectivity index (χ1n) is 8.44. The third-order valence-electron chi connectivity index (χ3n) is 4.23. The number of rotatable bonds is 6. The summed E-state index contributed by atoms with van der Waals surface area (Å²) >= 11 is 0. The number of likely N-dealkylation sites (N-methyl/N-ethyl adjacent to an activating group) is 1. The minimum Gasteiger partial charge on any atom is -0.494 e. The van der Waals surface area contributed by atoms with Gasteiger partial charge in [-0.3, -0.25) is 9.59 Å². The van der Waals surface area contributed by atoms with E-state index < -0.39 is 5.82 Å². The van der Waals surface area contributed by atoms with E-state index in [1.807, 2.05) is 32.0 Å². The highest BCUT2D eigenvalue weighted by Crippen LogP contribution is 2.19. The largest absolute Gasteiger partial charge is 0.494 e. The van der Waals surface area contributed by atoms with Gasteiger partial charge in [-0.15, -0.1) is 0 Å². The number of anilines is 1. The predicted molar refractivity (Wildman–Crippen MR) is 104 cm³/mol. The highest BCUT2D eigenvalue weighted by molar-refractivity contribution is 5.98. The van der Waals surface area contributed by atoms with E-state index in [0.717, 1.165) is 16.8 Å². The summed E-state index contributed by atoms with van der Waals surface area (Å²) in [6.45, 7) is 3.80. The van der Waals surface area contributed by atoms with Crippen LogP contribution in [0.1, 0.15) is 16.7 Å². The normalized spacial score (nSPS) is 10.7. The molecular weight excluding hydrogens is 347 g/mol. The highest BCUT2D eigenvalue weighted by Gasteiger charge is 2.12. The molecule has 0 saturated carbocycles. The minimum absolute atomic E-state index is 0.0898. The van der Waals surface area contributed by atoms with Crippen LogP contribution in [0.15, 0.2) is 42.5 Å². The first-order valence-corrected chi connectivity index (χ1v) is 8.44. The summed E-state index contributed by atoms with van der Waals surface area (Å²) in [5.74, 6) is -1.02. The molecule has 2 aromatic rings. The average Bonchev–Trinajstić information content (AvgIpc) is 2.63. The van der Waals surface area contributed by atoms with Gasteiger partial charge in [-0.2, -0.15) is 0 Å². The van der Waals surface area contributed by atoms with Gasteiger partial charge in [-0.25, -0.2) is 4.39 Å². The fourth-order valence-electron chi connectivity index (χ4n) is 2.45. The molecule has 2 amide bonds. The summed E-state index contributed by atoms with van der Waals surface area (Å²) in [5.41, 5.74) is 3.31. The second-order valence-corrected chi connectivity index (χ2v) is 6.22. The lowest BCUT2D eigenvalue weighted by Gasteiger charge is -2.16. The predicted octanol–water partition coefficient (Wildman–Crippen LogP) is 3.56. The lowest BCUT2D eigenvalue weighted by molar-refractivity contribution is -0.129. The van der Waals surface area contributed by atoms with Gasteiger partial charge in [0.2, 0.25) is 11.8 Å². The molecule has 0 saturated heterocycles. The van der Waals surface area contributed by atoms with Gasteiger partial charge >= 0.3 is 0 Å². The van der Waals surface area contributed by atoms with Crippen molar-refractivity contribution in [3.05, 3.63) is 65.0 Å². The van der Waals surface area contributed by atoms with E-state index in [4.69, 9.17) is 4.74 Å². The Balaban J connectivity index is 1.95. The first-order chi connectivity index (χ1) is 12.8. The number of nitrogens with zero attached hydrogens (tertiary/aromatic N) is 1. The van der Waals surface area contributed by atoms with Gasteiger partial charge in [0.1, 0.15) is 0 Å². The second kappa shape index (κ2) is 8.98. The van der Waals surface area contributed by atoms with Gasteiger partial charge in [-0.1, -0.05) is 18.2 Å². The van der Waals surface area contributed by atoms with Crippen molar-refractivity contribution in [2.45, 2.75) is 13.8 Å². The molecule has 5 nitrogen and oxygen atoms in total. The van der Waals surface area contributed by atoms with Crippen LogP contribution in [0, 0.1) is 19.7 Å². The standard InChI is InChI=1S/C21H23FN2O3/c1-14-6-5-7-18(15(14)2)23-20(25)13-24(3)21(26)11-9-16-8-10-19(27-4)17(22)12-16/h5-12H,13H2,1-4H3,(H,23,25)/b11-9+. The maximum atomic E-state index is 13.7. The molecule has 0 heterocycles. The zero-order valence-electron chi connectivity index (χ0n) is 15.9. The van der Waals surface area contributed by atoms with Crippen LogP contribution in [0.2, 0.25) is 0 Å². The van der Waals surface area contributed by atoms with Crippen molar-refractivity contribution in [1.29, 1.82) is 0 Å². The van der Waals surface area contributed by atoms with Gasteiger partial charge in [0.15, 0.2) is 11.6 Å². The summed E-state index contributed by atoms with van der Waals surface area (Å²) < 4.78 is 18.5. The molecule has 0 aliphatic heterocycles. The molecule has 2 rings (SSSR count). The van der Waals surface area contributed by atoms with Crippen molar-refractivity contribution in [1.82, 2.24) is 4.90 Å². The number of hydrogen-bond donors (Lipinski definition) is 1. The monoisotopic (exact) mass is 370 g/mol. The number of methoxy groups -OCH3 is 1. The summed E-state index contributed by atoms with van der Waals surface area (Å²) in [6, 6.07) is 10.0. The van der Waals surface area contributed by atoms with E-state index in [9.17, 15) is 14.0 Å². The van der Waals surface area contributed by atoms with Crippen LogP contribution in [-0.2, 0) is 9.59 Å². The second-order valence-electron chi connectivity index (χ2n) is 6.22. The van der Waals surface area contributed by atoms with Gasteiger partial charge in [0, 0.05) is 18.8 Å². The van der Waals surface area contributed by atoms with Crippen molar-refractivity contribution >= 4 is 23.6 Å². The van der Waals surface area contributed by atoms with Gasteiger partial charge in [-0.05, 0) is 54.8 Å². The SMILES string of the molecule is COc1ccc(/C=C/C(=O)N(C)CC(=O)Nc2cccc(C)c2C)cc1F. The minimum atomic E-state index is -0.506. The highest BCUT2D eigenvalue weighted by atomic mass is 19.1. The molecule has 6 heteroatoms. The van der Waals surface area contributed by atoms with Crippen LogP contribution in [0.5, 0.6) is 5.75 Å². The Hall–Kier alpha value is -3.15. The number of carbonyl (C=O) groups excluding carboxylic acids is 2. The van der Waals surface area contributed by atoms with Gasteiger partial charge < -0.3 is 15.0 Å². The van der Waals surface area contributed by atoms with E-state index >= 15 is 0 Å². The number of hydrogen-bond acceptors (Lipinski definition) is 3. The summed E-state index contributed by atoms with van der Waals surface area (Å²) in [7, 11) is 2.92. The zero-order valence-corrected chi connectivity index (χ0v) is 15.9. The van der Waals surface area contributed by atoms with Crippen LogP contribution < -0.4 is 10.1 Å². The first kappa shape index (κ1) is 20.2. The van der Waals surface area contributed by atoms with Crippen LogP contribution in [0.4, 0.5) is 10.1 Å². The van der Waals surface area contributed by atoms with E-state index in [2.05, 4.69) is 5.32 Å². The maximum absolute atomic E-state index is 13.7. The maximum Gasteiger partial charge on any atom is 0.246 e. The van der Waals surface area contributed by atoms with Gasteiger partial charge in [0.25, 0.3) is 0 Å². The van der Waals surface area contributed by atoms with Crippen LogP contribution in [0.3, 0.4) is 0 Å². The smallest absolute Gasteiger partial charge is 0.246 e. The fraction of sp³-hybridized carbons (Fsp3) is 0.238. The third-order valence-corrected chi connectivity index (χ3v) is 4.23. The van der Waals surface area contributed by atoms with Crippen molar-refractivity contribution in [3.8, 4) is 5.75 Å². The van der Waals surface area contributed by atoms with Crippen LogP contribution in [-0.4, -0.2) is 37.4 Å². The van der Waals surface area contributed by atoms with E-state index in [1.165, 1.54) is 43.3 Å². The molecule has 2 aromatic carbocycles. The van der Waals surface area contributed by atoms with Crippen molar-refractivity contribution in [2.24, 2.45) is 0 Å². The average molecular weight is 370 g/mol. The number of ether oxygens (including phenoxy) is 1. The molecule has 0 aliphatic carbocycles. The van der Waals surface area contributed by atoms with Crippen molar-refractivity contribution < 1.29 is 18.7 Å².